The van der Waals surface area contributed by atoms with Crippen molar-refractivity contribution in [3.8, 4) is 0 Å². The number of nitrogens with one attached hydrogen (secondary N) is 3. The summed E-state index contributed by atoms with van der Waals surface area (Å²) in [4.78, 5) is 12.3. The highest BCUT2D eigenvalue weighted by atomic mass is 32.2. The third kappa shape index (κ3) is 6.07. The molecule has 2 aliphatic heterocycles. The van der Waals surface area contributed by atoms with Crippen LogP contribution in [0.1, 0.15) is 30.4 Å². The number of anilines is 2. The summed E-state index contributed by atoms with van der Waals surface area (Å²) >= 11 is 0. The summed E-state index contributed by atoms with van der Waals surface area (Å²) in [7, 11) is -3.51. The molecule has 3 N–H and O–H groups in total. The SMILES string of the molecule is Cc1cccc(NC(=O)Nc2cccc(CNS(=O)(=O)CC3CCC4(CCOC4)O3)c2)c1. The molecule has 9 heteroatoms. The van der Waals surface area contributed by atoms with Crippen molar-refractivity contribution in [3.63, 3.8) is 0 Å². The van der Waals surface area contributed by atoms with Gasteiger partial charge in [-0.3, -0.25) is 0 Å². The number of benzene rings is 2. The highest BCUT2D eigenvalue weighted by molar-refractivity contribution is 7.89. The van der Waals surface area contributed by atoms with Crippen molar-refractivity contribution in [3.05, 3.63) is 59.7 Å². The Bertz CT molecular complexity index is 1070. The molecule has 2 amide bonds. The maximum atomic E-state index is 12.6. The van der Waals surface area contributed by atoms with E-state index in [9.17, 15) is 13.2 Å². The molecule has 0 saturated carbocycles. The summed E-state index contributed by atoms with van der Waals surface area (Å²) in [6, 6.07) is 14.2. The van der Waals surface area contributed by atoms with Crippen LogP contribution in [0.25, 0.3) is 0 Å². The first kappa shape index (κ1) is 22.7. The van der Waals surface area contributed by atoms with Crippen LogP contribution in [0.4, 0.5) is 16.2 Å². The number of sulfonamides is 1. The van der Waals surface area contributed by atoms with Gasteiger partial charge >= 0.3 is 6.03 Å². The molecule has 2 heterocycles. The molecule has 1 spiro atoms. The molecule has 0 radical (unpaired) electrons. The molecule has 8 nitrogen and oxygen atoms in total. The molecule has 2 saturated heterocycles. The second-order valence-electron chi connectivity index (χ2n) is 8.52. The smallest absolute Gasteiger partial charge is 0.323 e. The Kier molecular flexibility index (Phi) is 6.80. The molecule has 2 aliphatic rings. The molecule has 2 aromatic rings. The predicted octanol–water partition coefficient (Wildman–Crippen LogP) is 3.40. The first-order valence-corrected chi connectivity index (χ1v) is 12.4. The number of carbonyl (C=O) groups excluding carboxylic acids is 1. The van der Waals surface area contributed by atoms with Crippen LogP contribution in [-0.4, -0.2) is 45.1 Å². The highest BCUT2D eigenvalue weighted by Crippen LogP contribution is 2.37. The second-order valence-corrected chi connectivity index (χ2v) is 10.4. The molecule has 4 rings (SSSR count). The first-order valence-electron chi connectivity index (χ1n) is 10.8. The Morgan fingerprint density at radius 3 is 2.56 bits per heavy atom. The predicted molar refractivity (Wildman–Crippen MR) is 123 cm³/mol. The van der Waals surface area contributed by atoms with Gasteiger partial charge in [-0.15, -0.1) is 0 Å². The molecule has 2 unspecified atom stereocenters. The summed E-state index contributed by atoms with van der Waals surface area (Å²) in [5, 5.41) is 5.56. The standard InChI is InChI=1S/C23H29N3O5S/c1-17-4-2-6-19(12-17)25-22(27)26-20-7-3-5-18(13-20)14-24-32(28,29)15-21-8-9-23(31-21)10-11-30-16-23/h2-7,12-13,21,24H,8-11,14-16H2,1H3,(H2,25,26,27). The van der Waals surface area contributed by atoms with E-state index in [2.05, 4.69) is 15.4 Å². The molecular formula is C23H29N3O5S. The highest BCUT2D eigenvalue weighted by Gasteiger charge is 2.44. The quantitative estimate of drug-likeness (QED) is 0.589. The van der Waals surface area contributed by atoms with Crippen molar-refractivity contribution in [2.45, 2.75) is 44.4 Å². The molecule has 172 valence electrons. The van der Waals surface area contributed by atoms with Crippen molar-refractivity contribution < 1.29 is 22.7 Å². The van der Waals surface area contributed by atoms with Crippen molar-refractivity contribution in [1.29, 1.82) is 0 Å². The van der Waals surface area contributed by atoms with Gasteiger partial charge in [0.05, 0.1) is 24.1 Å². The van der Waals surface area contributed by atoms with Crippen LogP contribution < -0.4 is 15.4 Å². The van der Waals surface area contributed by atoms with E-state index in [1.165, 1.54) is 0 Å². The maximum Gasteiger partial charge on any atom is 0.323 e. The number of ether oxygens (including phenoxy) is 2. The van der Waals surface area contributed by atoms with Crippen molar-refractivity contribution in [1.82, 2.24) is 4.72 Å². The van der Waals surface area contributed by atoms with Gasteiger partial charge in [0.1, 0.15) is 0 Å². The van der Waals surface area contributed by atoms with Gasteiger partial charge in [-0.05, 0) is 55.2 Å². The average Bonchev–Trinajstić information content (AvgIpc) is 3.35. The normalized spacial score (nSPS) is 22.8. The molecule has 0 aliphatic carbocycles. The number of hydrogen-bond acceptors (Lipinski definition) is 5. The molecule has 2 aromatic carbocycles. The topological polar surface area (TPSA) is 106 Å². The molecule has 0 bridgehead atoms. The number of hydrogen-bond donors (Lipinski definition) is 3. The fourth-order valence-corrected chi connectivity index (χ4v) is 5.39. The lowest BCUT2D eigenvalue weighted by molar-refractivity contribution is -0.0364. The Balaban J connectivity index is 1.28. The third-order valence-corrected chi connectivity index (χ3v) is 7.16. The minimum Gasteiger partial charge on any atom is -0.378 e. The van der Waals surface area contributed by atoms with Gasteiger partial charge in [0, 0.05) is 30.9 Å². The van der Waals surface area contributed by atoms with Gasteiger partial charge in [-0.2, -0.15) is 0 Å². The Labute approximate surface area is 188 Å². The minimum absolute atomic E-state index is 0.0639. The van der Waals surface area contributed by atoms with E-state index in [1.807, 2.05) is 37.3 Å². The zero-order valence-corrected chi connectivity index (χ0v) is 18.9. The van der Waals surface area contributed by atoms with E-state index in [-0.39, 0.29) is 30.0 Å². The summed E-state index contributed by atoms with van der Waals surface area (Å²) in [6.45, 7) is 3.31. The van der Waals surface area contributed by atoms with Crippen LogP contribution in [0, 0.1) is 6.92 Å². The Morgan fingerprint density at radius 1 is 1.09 bits per heavy atom. The van der Waals surface area contributed by atoms with E-state index < -0.39 is 10.0 Å². The lowest BCUT2D eigenvalue weighted by atomic mass is 9.99. The number of amides is 2. The molecule has 0 aromatic heterocycles. The third-order valence-electron chi connectivity index (χ3n) is 5.77. The lowest BCUT2D eigenvalue weighted by Crippen LogP contribution is -2.35. The first-order chi connectivity index (χ1) is 15.3. The van der Waals surface area contributed by atoms with E-state index in [4.69, 9.17) is 9.47 Å². The number of urea groups is 1. The summed E-state index contributed by atoms with van der Waals surface area (Å²) < 4.78 is 39.2. The zero-order chi connectivity index (χ0) is 22.6. The van der Waals surface area contributed by atoms with E-state index in [0.29, 0.717) is 24.6 Å². The molecule has 32 heavy (non-hydrogen) atoms. The maximum absolute atomic E-state index is 12.6. The monoisotopic (exact) mass is 459 g/mol. The van der Waals surface area contributed by atoms with E-state index >= 15 is 0 Å². The minimum atomic E-state index is -3.51. The second kappa shape index (κ2) is 9.58. The van der Waals surface area contributed by atoms with Crippen molar-refractivity contribution in [2.24, 2.45) is 0 Å². The van der Waals surface area contributed by atoms with Crippen LogP contribution in [0.15, 0.2) is 48.5 Å². The largest absolute Gasteiger partial charge is 0.378 e. The van der Waals surface area contributed by atoms with Crippen molar-refractivity contribution >= 4 is 27.4 Å². The van der Waals surface area contributed by atoms with Crippen LogP contribution in [0.2, 0.25) is 0 Å². The van der Waals surface area contributed by atoms with Crippen LogP contribution in [-0.2, 0) is 26.0 Å². The number of rotatable bonds is 7. The molecule has 2 fully saturated rings. The zero-order valence-electron chi connectivity index (χ0n) is 18.1. The van der Waals surface area contributed by atoms with Gasteiger partial charge in [-0.1, -0.05) is 24.3 Å². The van der Waals surface area contributed by atoms with Crippen molar-refractivity contribution in [2.75, 3.05) is 29.6 Å². The van der Waals surface area contributed by atoms with E-state index in [1.54, 1.807) is 18.2 Å². The summed E-state index contributed by atoms with van der Waals surface area (Å²) in [5.41, 5.74) is 2.78. The fraction of sp³-hybridized carbons (Fsp3) is 0.435. The van der Waals surface area contributed by atoms with Gasteiger partial charge in [0.25, 0.3) is 0 Å². The number of aryl methyl sites for hydroxylation is 1. The molecule has 2 atom stereocenters. The van der Waals surface area contributed by atoms with Crippen LogP contribution >= 0.6 is 0 Å². The van der Waals surface area contributed by atoms with Gasteiger partial charge in [-0.25, -0.2) is 17.9 Å². The Morgan fingerprint density at radius 2 is 1.84 bits per heavy atom. The summed E-state index contributed by atoms with van der Waals surface area (Å²) in [6.07, 6.45) is 2.08. The number of carbonyl (C=O) groups is 1. The van der Waals surface area contributed by atoms with Crippen LogP contribution in [0.3, 0.4) is 0 Å². The lowest BCUT2D eigenvalue weighted by Gasteiger charge is -2.22. The Hall–Kier alpha value is -2.46. The van der Waals surface area contributed by atoms with E-state index in [0.717, 1.165) is 30.4 Å². The fourth-order valence-electron chi connectivity index (χ4n) is 4.16. The van der Waals surface area contributed by atoms with Crippen LogP contribution in [0.5, 0.6) is 0 Å². The van der Waals surface area contributed by atoms with Gasteiger partial charge < -0.3 is 20.1 Å². The molecular weight excluding hydrogens is 430 g/mol. The summed E-state index contributed by atoms with van der Waals surface area (Å²) in [5.74, 6) is -0.0639. The van der Waals surface area contributed by atoms with Gasteiger partial charge in [0.2, 0.25) is 10.0 Å². The van der Waals surface area contributed by atoms with Gasteiger partial charge in [0.15, 0.2) is 0 Å². The average molecular weight is 460 g/mol.